The molecule has 1 unspecified atom stereocenters. The summed E-state index contributed by atoms with van der Waals surface area (Å²) in [6.45, 7) is 3.63. The van der Waals surface area contributed by atoms with Crippen molar-refractivity contribution >= 4 is 5.96 Å². The van der Waals surface area contributed by atoms with Crippen LogP contribution in [-0.4, -0.2) is 32.8 Å². The second-order valence-electron chi connectivity index (χ2n) is 5.92. The van der Waals surface area contributed by atoms with Crippen LogP contribution < -0.4 is 15.4 Å². The molecule has 0 aliphatic carbocycles. The first-order chi connectivity index (χ1) is 12.6. The Balaban J connectivity index is 1.77. The molecule has 2 rings (SSSR count). The van der Waals surface area contributed by atoms with Gasteiger partial charge in [0.1, 0.15) is 6.10 Å². The molecule has 140 valence electrons. The number of aliphatic imine (C=N–C) groups is 1. The number of rotatable bonds is 8. The third kappa shape index (κ3) is 6.37. The SMILES string of the molecule is CN=C(NCc1ccc(COC)cc1)NCC(C)Oc1ccccc1F. The minimum Gasteiger partial charge on any atom is -0.486 e. The van der Waals surface area contributed by atoms with Crippen molar-refractivity contribution < 1.29 is 13.9 Å². The van der Waals surface area contributed by atoms with E-state index in [-0.39, 0.29) is 17.7 Å². The normalized spacial score (nSPS) is 12.5. The highest BCUT2D eigenvalue weighted by Crippen LogP contribution is 2.16. The molecule has 0 saturated carbocycles. The van der Waals surface area contributed by atoms with Crippen molar-refractivity contribution in [3.63, 3.8) is 0 Å². The molecular weight excluding hydrogens is 333 g/mol. The summed E-state index contributed by atoms with van der Waals surface area (Å²) in [6, 6.07) is 14.6. The third-order valence-corrected chi connectivity index (χ3v) is 3.74. The van der Waals surface area contributed by atoms with Crippen LogP contribution in [0.5, 0.6) is 5.75 Å². The maximum Gasteiger partial charge on any atom is 0.191 e. The van der Waals surface area contributed by atoms with Crippen LogP contribution in [0.1, 0.15) is 18.1 Å². The Kier molecular flexibility index (Phi) is 7.89. The molecule has 1 atom stereocenters. The molecule has 5 nitrogen and oxygen atoms in total. The topological polar surface area (TPSA) is 54.9 Å². The van der Waals surface area contributed by atoms with Gasteiger partial charge in [0.15, 0.2) is 17.5 Å². The summed E-state index contributed by atoms with van der Waals surface area (Å²) in [4.78, 5) is 4.19. The van der Waals surface area contributed by atoms with E-state index in [1.807, 2.05) is 19.1 Å². The van der Waals surface area contributed by atoms with Crippen LogP contribution in [0.4, 0.5) is 4.39 Å². The second-order valence-corrected chi connectivity index (χ2v) is 5.92. The summed E-state index contributed by atoms with van der Waals surface area (Å²) in [7, 11) is 3.39. The van der Waals surface area contributed by atoms with Crippen molar-refractivity contribution in [1.29, 1.82) is 0 Å². The van der Waals surface area contributed by atoms with Gasteiger partial charge in [0.05, 0.1) is 13.2 Å². The monoisotopic (exact) mass is 359 g/mol. The molecule has 0 bridgehead atoms. The van der Waals surface area contributed by atoms with Crippen LogP contribution in [0, 0.1) is 5.82 Å². The quantitative estimate of drug-likeness (QED) is 0.562. The summed E-state index contributed by atoms with van der Waals surface area (Å²) in [5.41, 5.74) is 2.28. The van der Waals surface area contributed by atoms with Gasteiger partial charge >= 0.3 is 0 Å². The Labute approximate surface area is 154 Å². The number of halogens is 1. The number of benzene rings is 2. The Morgan fingerprint density at radius 3 is 2.42 bits per heavy atom. The summed E-state index contributed by atoms with van der Waals surface area (Å²) in [6.07, 6.45) is -0.209. The average molecular weight is 359 g/mol. The molecule has 0 aliphatic rings. The number of methoxy groups -OCH3 is 1. The molecule has 6 heteroatoms. The van der Waals surface area contributed by atoms with Crippen LogP contribution in [0.25, 0.3) is 0 Å². The molecule has 2 aromatic carbocycles. The molecule has 0 fully saturated rings. The molecule has 0 aromatic heterocycles. The lowest BCUT2D eigenvalue weighted by atomic mass is 10.1. The average Bonchev–Trinajstić information content (AvgIpc) is 2.65. The van der Waals surface area contributed by atoms with Gasteiger partial charge in [-0.1, -0.05) is 36.4 Å². The van der Waals surface area contributed by atoms with Crippen molar-refractivity contribution in [2.24, 2.45) is 4.99 Å². The lowest BCUT2D eigenvalue weighted by Crippen LogP contribution is -2.41. The van der Waals surface area contributed by atoms with E-state index in [1.165, 1.54) is 6.07 Å². The summed E-state index contributed by atoms with van der Waals surface area (Å²) < 4.78 is 24.3. The van der Waals surface area contributed by atoms with E-state index in [1.54, 1.807) is 32.4 Å². The molecule has 0 saturated heterocycles. The smallest absolute Gasteiger partial charge is 0.191 e. The van der Waals surface area contributed by atoms with Crippen LogP contribution in [0.3, 0.4) is 0 Å². The highest BCUT2D eigenvalue weighted by atomic mass is 19.1. The molecular formula is C20H26FN3O2. The zero-order valence-electron chi connectivity index (χ0n) is 15.5. The third-order valence-electron chi connectivity index (χ3n) is 3.74. The van der Waals surface area contributed by atoms with Crippen LogP contribution in [-0.2, 0) is 17.9 Å². The van der Waals surface area contributed by atoms with Crippen molar-refractivity contribution in [3.05, 3.63) is 65.5 Å². The van der Waals surface area contributed by atoms with Crippen molar-refractivity contribution in [3.8, 4) is 5.75 Å². The molecule has 0 spiro atoms. The number of nitrogens with one attached hydrogen (secondary N) is 2. The number of hydrogen-bond acceptors (Lipinski definition) is 3. The predicted octanol–water partition coefficient (Wildman–Crippen LogP) is 3.10. The van der Waals surface area contributed by atoms with Crippen LogP contribution in [0.15, 0.2) is 53.5 Å². The Morgan fingerprint density at radius 2 is 1.77 bits per heavy atom. The molecule has 2 N–H and O–H groups in total. The highest BCUT2D eigenvalue weighted by Gasteiger charge is 2.08. The van der Waals surface area contributed by atoms with Gasteiger partial charge in [-0.05, 0) is 30.2 Å². The zero-order valence-corrected chi connectivity index (χ0v) is 15.5. The summed E-state index contributed by atoms with van der Waals surface area (Å²) in [5.74, 6) is 0.551. The molecule has 2 aromatic rings. The van der Waals surface area contributed by atoms with Crippen molar-refractivity contribution in [2.75, 3.05) is 20.7 Å². The lowest BCUT2D eigenvalue weighted by molar-refractivity contribution is 0.185. The van der Waals surface area contributed by atoms with E-state index >= 15 is 0 Å². The Morgan fingerprint density at radius 1 is 1.08 bits per heavy atom. The van der Waals surface area contributed by atoms with Gasteiger partial charge in [-0.2, -0.15) is 0 Å². The fourth-order valence-electron chi connectivity index (χ4n) is 2.37. The number of guanidine groups is 1. The van der Waals surface area contributed by atoms with E-state index in [0.717, 1.165) is 11.1 Å². The van der Waals surface area contributed by atoms with E-state index in [0.29, 0.717) is 25.7 Å². The van der Waals surface area contributed by atoms with Gasteiger partial charge < -0.3 is 20.1 Å². The van der Waals surface area contributed by atoms with E-state index < -0.39 is 0 Å². The number of para-hydroxylation sites is 1. The number of nitrogens with zero attached hydrogens (tertiary/aromatic N) is 1. The van der Waals surface area contributed by atoms with Gasteiger partial charge in [0.2, 0.25) is 0 Å². The standard InChI is InChI=1S/C20H26FN3O2/c1-15(26-19-7-5-4-6-18(19)21)12-23-20(22-2)24-13-16-8-10-17(11-9-16)14-25-3/h4-11,15H,12-14H2,1-3H3,(H2,22,23,24). The number of hydrogen-bond donors (Lipinski definition) is 2. The van der Waals surface area contributed by atoms with Gasteiger partial charge in [0, 0.05) is 20.7 Å². The van der Waals surface area contributed by atoms with Gasteiger partial charge in [-0.25, -0.2) is 4.39 Å². The first-order valence-corrected chi connectivity index (χ1v) is 8.55. The summed E-state index contributed by atoms with van der Waals surface area (Å²) in [5, 5.41) is 6.43. The van der Waals surface area contributed by atoms with E-state index in [2.05, 4.69) is 27.8 Å². The fourth-order valence-corrected chi connectivity index (χ4v) is 2.37. The second kappa shape index (κ2) is 10.4. The fraction of sp³-hybridized carbons (Fsp3) is 0.350. The summed E-state index contributed by atoms with van der Waals surface area (Å²) >= 11 is 0. The predicted molar refractivity (Wildman–Crippen MR) is 102 cm³/mol. The van der Waals surface area contributed by atoms with Crippen LogP contribution >= 0.6 is 0 Å². The molecule has 0 radical (unpaired) electrons. The highest BCUT2D eigenvalue weighted by molar-refractivity contribution is 5.79. The number of ether oxygens (including phenoxy) is 2. The first kappa shape index (κ1) is 19.7. The molecule has 26 heavy (non-hydrogen) atoms. The maximum absolute atomic E-state index is 13.6. The Hall–Kier alpha value is -2.60. The van der Waals surface area contributed by atoms with E-state index in [4.69, 9.17) is 9.47 Å². The van der Waals surface area contributed by atoms with Gasteiger partial charge in [-0.15, -0.1) is 0 Å². The zero-order chi connectivity index (χ0) is 18.8. The maximum atomic E-state index is 13.6. The molecule has 0 amide bonds. The largest absolute Gasteiger partial charge is 0.486 e. The molecule has 0 heterocycles. The van der Waals surface area contributed by atoms with Crippen molar-refractivity contribution in [2.45, 2.75) is 26.2 Å². The van der Waals surface area contributed by atoms with Gasteiger partial charge in [-0.3, -0.25) is 4.99 Å². The minimum absolute atomic E-state index is 0.209. The molecule has 0 aliphatic heterocycles. The first-order valence-electron chi connectivity index (χ1n) is 8.55. The van der Waals surface area contributed by atoms with Crippen molar-refractivity contribution in [1.82, 2.24) is 10.6 Å². The van der Waals surface area contributed by atoms with E-state index in [9.17, 15) is 4.39 Å². The lowest BCUT2D eigenvalue weighted by Gasteiger charge is -2.18. The van der Waals surface area contributed by atoms with Crippen LogP contribution in [0.2, 0.25) is 0 Å². The Bertz CT molecular complexity index is 704. The van der Waals surface area contributed by atoms with Gasteiger partial charge in [0.25, 0.3) is 0 Å². The minimum atomic E-state index is -0.362.